The molecule has 4 nitrogen and oxygen atoms in total. The molecule has 15 heavy (non-hydrogen) atoms. The lowest BCUT2D eigenvalue weighted by molar-refractivity contribution is 0.831. The Morgan fingerprint density at radius 1 is 1.40 bits per heavy atom. The van der Waals surface area contributed by atoms with Crippen molar-refractivity contribution in [3.05, 3.63) is 12.4 Å². The minimum atomic E-state index is 0.393. The number of rotatable bonds is 5. The van der Waals surface area contributed by atoms with E-state index in [-0.39, 0.29) is 0 Å². The molecule has 0 aliphatic rings. The summed E-state index contributed by atoms with van der Waals surface area (Å²) in [6.45, 7) is 7.36. The predicted octanol–water partition coefficient (Wildman–Crippen LogP) is 2.14. The Morgan fingerprint density at radius 3 is 2.73 bits per heavy atom. The Hall–Kier alpha value is -1.32. The summed E-state index contributed by atoms with van der Waals surface area (Å²) < 4.78 is 0. The lowest BCUT2D eigenvalue weighted by Crippen LogP contribution is -2.20. The molecule has 0 atom stereocenters. The first-order valence-corrected chi connectivity index (χ1v) is 5.43. The van der Waals surface area contributed by atoms with Crippen LogP contribution in [0.2, 0.25) is 0 Å². The molecule has 4 heteroatoms. The number of nitrogens with one attached hydrogen (secondary N) is 1. The Balaban J connectivity index is 2.73. The average molecular weight is 208 g/mol. The summed E-state index contributed by atoms with van der Waals surface area (Å²) in [5, 5.41) is 3.26. The molecule has 0 aliphatic heterocycles. The molecule has 0 bridgehead atoms. The summed E-state index contributed by atoms with van der Waals surface area (Å²) >= 11 is 0. The van der Waals surface area contributed by atoms with Gasteiger partial charge in [-0.25, -0.2) is 9.97 Å². The van der Waals surface area contributed by atoms with Crippen molar-refractivity contribution in [2.75, 3.05) is 23.8 Å². The van der Waals surface area contributed by atoms with Gasteiger partial charge >= 0.3 is 0 Å². The van der Waals surface area contributed by atoms with Crippen molar-refractivity contribution in [3.63, 3.8) is 0 Å². The maximum atomic E-state index is 4.24. The minimum absolute atomic E-state index is 0.393. The van der Waals surface area contributed by atoms with E-state index in [0.29, 0.717) is 6.04 Å². The van der Waals surface area contributed by atoms with Gasteiger partial charge < -0.3 is 10.2 Å². The van der Waals surface area contributed by atoms with Crippen molar-refractivity contribution >= 4 is 11.6 Å². The first-order chi connectivity index (χ1) is 7.13. The summed E-state index contributed by atoms with van der Waals surface area (Å²) in [5.74, 6) is 1.85. The van der Waals surface area contributed by atoms with Gasteiger partial charge in [0.05, 0.1) is 0 Å². The molecule has 1 rings (SSSR count). The van der Waals surface area contributed by atoms with Crippen LogP contribution in [0.5, 0.6) is 0 Å². The van der Waals surface area contributed by atoms with Crippen LogP contribution in [0.15, 0.2) is 12.4 Å². The third kappa shape index (κ3) is 3.73. The van der Waals surface area contributed by atoms with Gasteiger partial charge in [-0.1, -0.05) is 6.92 Å². The standard InChI is InChI=1S/C11H20N4/c1-5-6-15(4)11-7-10(12-8-13-11)14-9(2)3/h7-9H,5-6H2,1-4H3,(H,12,13,14). The lowest BCUT2D eigenvalue weighted by atomic mass is 10.3. The van der Waals surface area contributed by atoms with Crippen LogP contribution in [0.1, 0.15) is 27.2 Å². The zero-order valence-electron chi connectivity index (χ0n) is 9.99. The third-order valence-electron chi connectivity index (χ3n) is 2.04. The fraction of sp³-hybridized carbons (Fsp3) is 0.636. The molecule has 1 N–H and O–H groups in total. The molecule has 0 saturated heterocycles. The van der Waals surface area contributed by atoms with Gasteiger partial charge in [0.15, 0.2) is 0 Å². The van der Waals surface area contributed by atoms with E-state index in [9.17, 15) is 0 Å². The number of anilines is 2. The SMILES string of the molecule is CCCN(C)c1cc(NC(C)C)ncn1. The van der Waals surface area contributed by atoms with Gasteiger partial charge in [-0.2, -0.15) is 0 Å². The highest BCUT2D eigenvalue weighted by Gasteiger charge is 2.03. The molecule has 0 saturated carbocycles. The van der Waals surface area contributed by atoms with Gasteiger partial charge in [-0.15, -0.1) is 0 Å². The maximum absolute atomic E-state index is 4.24. The van der Waals surface area contributed by atoms with Crippen molar-refractivity contribution in [3.8, 4) is 0 Å². The third-order valence-corrected chi connectivity index (χ3v) is 2.04. The summed E-state index contributed by atoms with van der Waals surface area (Å²) in [7, 11) is 2.05. The topological polar surface area (TPSA) is 41.0 Å². The summed E-state index contributed by atoms with van der Waals surface area (Å²) in [5.41, 5.74) is 0. The normalized spacial score (nSPS) is 10.5. The highest BCUT2D eigenvalue weighted by atomic mass is 15.2. The fourth-order valence-electron chi connectivity index (χ4n) is 1.38. The Labute approximate surface area is 91.7 Å². The van der Waals surface area contributed by atoms with E-state index in [1.165, 1.54) is 0 Å². The van der Waals surface area contributed by atoms with E-state index in [4.69, 9.17) is 0 Å². The van der Waals surface area contributed by atoms with Crippen molar-refractivity contribution in [2.45, 2.75) is 33.2 Å². The molecule has 1 heterocycles. The van der Waals surface area contributed by atoms with E-state index >= 15 is 0 Å². The van der Waals surface area contributed by atoms with E-state index in [1.807, 2.05) is 13.1 Å². The Bertz CT molecular complexity index is 298. The summed E-state index contributed by atoms with van der Waals surface area (Å²) in [6, 6.07) is 2.37. The minimum Gasteiger partial charge on any atom is -0.368 e. The highest BCUT2D eigenvalue weighted by molar-refractivity contribution is 5.48. The molecule has 0 amide bonds. The first kappa shape index (κ1) is 11.8. The number of hydrogen-bond donors (Lipinski definition) is 1. The average Bonchev–Trinajstić information content (AvgIpc) is 2.17. The monoisotopic (exact) mass is 208 g/mol. The van der Waals surface area contributed by atoms with Gasteiger partial charge in [-0.3, -0.25) is 0 Å². The molecule has 0 radical (unpaired) electrons. The molecular formula is C11H20N4. The fourth-order valence-corrected chi connectivity index (χ4v) is 1.38. The summed E-state index contributed by atoms with van der Waals surface area (Å²) in [6.07, 6.45) is 2.72. The second-order valence-electron chi connectivity index (χ2n) is 3.98. The second-order valence-corrected chi connectivity index (χ2v) is 3.98. The largest absolute Gasteiger partial charge is 0.368 e. The number of hydrogen-bond acceptors (Lipinski definition) is 4. The smallest absolute Gasteiger partial charge is 0.133 e. The van der Waals surface area contributed by atoms with Crippen LogP contribution in [0, 0.1) is 0 Å². The maximum Gasteiger partial charge on any atom is 0.133 e. The van der Waals surface area contributed by atoms with Crippen LogP contribution in [-0.4, -0.2) is 29.6 Å². The van der Waals surface area contributed by atoms with Gasteiger partial charge in [0.2, 0.25) is 0 Å². The van der Waals surface area contributed by atoms with Gasteiger partial charge in [0, 0.05) is 25.7 Å². The van der Waals surface area contributed by atoms with Crippen LogP contribution in [0.4, 0.5) is 11.6 Å². The van der Waals surface area contributed by atoms with Crippen molar-refractivity contribution in [2.24, 2.45) is 0 Å². The van der Waals surface area contributed by atoms with E-state index in [1.54, 1.807) is 6.33 Å². The molecule has 84 valence electrons. The Morgan fingerprint density at radius 2 is 2.13 bits per heavy atom. The van der Waals surface area contributed by atoms with Gasteiger partial charge in [0.25, 0.3) is 0 Å². The highest BCUT2D eigenvalue weighted by Crippen LogP contribution is 2.13. The van der Waals surface area contributed by atoms with E-state index < -0.39 is 0 Å². The van der Waals surface area contributed by atoms with Crippen molar-refractivity contribution in [1.29, 1.82) is 0 Å². The van der Waals surface area contributed by atoms with E-state index in [0.717, 1.165) is 24.6 Å². The molecule has 0 spiro atoms. The lowest BCUT2D eigenvalue weighted by Gasteiger charge is -2.18. The number of nitrogens with zero attached hydrogens (tertiary/aromatic N) is 3. The molecule has 1 aromatic heterocycles. The summed E-state index contributed by atoms with van der Waals surface area (Å²) in [4.78, 5) is 10.5. The van der Waals surface area contributed by atoms with Gasteiger partial charge in [-0.05, 0) is 20.3 Å². The number of aromatic nitrogens is 2. The predicted molar refractivity (Wildman–Crippen MR) is 64.4 cm³/mol. The second kappa shape index (κ2) is 5.53. The van der Waals surface area contributed by atoms with Crippen LogP contribution >= 0.6 is 0 Å². The molecule has 1 aromatic rings. The van der Waals surface area contributed by atoms with Crippen LogP contribution < -0.4 is 10.2 Å². The van der Waals surface area contributed by atoms with Crippen LogP contribution in [0.25, 0.3) is 0 Å². The van der Waals surface area contributed by atoms with Crippen LogP contribution in [-0.2, 0) is 0 Å². The van der Waals surface area contributed by atoms with Crippen molar-refractivity contribution in [1.82, 2.24) is 9.97 Å². The van der Waals surface area contributed by atoms with Gasteiger partial charge in [0.1, 0.15) is 18.0 Å². The molecule has 0 fully saturated rings. The molecule has 0 aromatic carbocycles. The first-order valence-electron chi connectivity index (χ1n) is 5.43. The molecule has 0 unspecified atom stereocenters. The zero-order valence-corrected chi connectivity index (χ0v) is 9.99. The van der Waals surface area contributed by atoms with Crippen molar-refractivity contribution < 1.29 is 0 Å². The Kier molecular flexibility index (Phi) is 4.34. The van der Waals surface area contributed by atoms with E-state index in [2.05, 4.69) is 41.0 Å². The quantitative estimate of drug-likeness (QED) is 0.805. The molecular weight excluding hydrogens is 188 g/mol. The van der Waals surface area contributed by atoms with Crippen LogP contribution in [0.3, 0.4) is 0 Å². The zero-order chi connectivity index (χ0) is 11.3. The molecule has 0 aliphatic carbocycles.